The Kier molecular flexibility index (Phi) is 5.38. The van der Waals surface area contributed by atoms with E-state index in [9.17, 15) is 14.4 Å². The molecule has 0 saturated heterocycles. The lowest BCUT2D eigenvalue weighted by atomic mass is 10.1. The van der Waals surface area contributed by atoms with Gasteiger partial charge in [-0.2, -0.15) is 0 Å². The number of rotatable bonds is 4. The van der Waals surface area contributed by atoms with E-state index in [0.29, 0.717) is 27.6 Å². The highest BCUT2D eigenvalue weighted by molar-refractivity contribution is 6.33. The largest absolute Gasteiger partial charge is 0.451 e. The maximum atomic E-state index is 12.2. The number of hydrogen-bond donors (Lipinski definition) is 2. The van der Waals surface area contributed by atoms with Crippen molar-refractivity contribution in [2.24, 2.45) is 0 Å². The molecule has 0 atom stereocenters. The van der Waals surface area contributed by atoms with Gasteiger partial charge in [0.15, 0.2) is 11.5 Å². The predicted octanol–water partition coefficient (Wildman–Crippen LogP) is 4.76. The van der Waals surface area contributed by atoms with Gasteiger partial charge in [0.1, 0.15) is 5.76 Å². The standard InChI is InChI=1S/C20H15ClN2O4/c1-12(24)13-6-8-14(9-7-13)22-20(26)23-19(25)18-11-10-17(27-18)15-4-2-3-5-16(15)21/h2-11H,1H3,(H2,22,23,25,26). The van der Waals surface area contributed by atoms with Crippen LogP contribution in [0.1, 0.15) is 27.8 Å². The number of nitrogens with one attached hydrogen (secondary N) is 2. The maximum absolute atomic E-state index is 12.2. The summed E-state index contributed by atoms with van der Waals surface area (Å²) in [5, 5.41) is 5.18. The molecule has 7 heteroatoms. The van der Waals surface area contributed by atoms with Crippen molar-refractivity contribution < 1.29 is 18.8 Å². The van der Waals surface area contributed by atoms with Gasteiger partial charge >= 0.3 is 6.03 Å². The summed E-state index contributed by atoms with van der Waals surface area (Å²) in [6.07, 6.45) is 0. The zero-order chi connectivity index (χ0) is 19.4. The second kappa shape index (κ2) is 7.88. The summed E-state index contributed by atoms with van der Waals surface area (Å²) in [7, 11) is 0. The summed E-state index contributed by atoms with van der Waals surface area (Å²) in [6.45, 7) is 1.45. The van der Waals surface area contributed by atoms with E-state index in [2.05, 4.69) is 10.6 Å². The molecule has 2 aromatic carbocycles. The van der Waals surface area contributed by atoms with Crippen molar-refractivity contribution in [2.45, 2.75) is 6.92 Å². The van der Waals surface area contributed by atoms with Crippen LogP contribution in [-0.2, 0) is 0 Å². The Labute approximate surface area is 160 Å². The molecule has 1 heterocycles. The zero-order valence-corrected chi connectivity index (χ0v) is 15.0. The molecule has 0 aliphatic carbocycles. The Hall–Kier alpha value is -3.38. The molecular formula is C20H15ClN2O4. The summed E-state index contributed by atoms with van der Waals surface area (Å²) in [5.41, 5.74) is 1.62. The summed E-state index contributed by atoms with van der Waals surface area (Å²) in [5.74, 6) is -0.363. The third-order valence-electron chi connectivity index (χ3n) is 3.75. The molecule has 27 heavy (non-hydrogen) atoms. The number of furan rings is 1. The van der Waals surface area contributed by atoms with Crippen LogP contribution in [0.3, 0.4) is 0 Å². The number of imide groups is 1. The van der Waals surface area contributed by atoms with Gasteiger partial charge in [0, 0.05) is 16.8 Å². The normalized spacial score (nSPS) is 10.3. The van der Waals surface area contributed by atoms with Crippen molar-refractivity contribution in [2.75, 3.05) is 5.32 Å². The molecule has 2 N–H and O–H groups in total. The molecule has 6 nitrogen and oxygen atoms in total. The quantitative estimate of drug-likeness (QED) is 0.636. The Balaban J connectivity index is 1.64. The van der Waals surface area contributed by atoms with Gasteiger partial charge in [0.2, 0.25) is 0 Å². The molecule has 136 valence electrons. The number of ketones is 1. The minimum Gasteiger partial charge on any atom is -0.451 e. The van der Waals surface area contributed by atoms with E-state index in [4.69, 9.17) is 16.0 Å². The predicted molar refractivity (Wildman–Crippen MR) is 102 cm³/mol. The number of carbonyl (C=O) groups is 3. The third-order valence-corrected chi connectivity index (χ3v) is 4.08. The van der Waals surface area contributed by atoms with Crippen molar-refractivity contribution >= 4 is 35.0 Å². The average molecular weight is 383 g/mol. The van der Waals surface area contributed by atoms with Crippen LogP contribution in [0, 0.1) is 0 Å². The van der Waals surface area contributed by atoms with Gasteiger partial charge in [-0.15, -0.1) is 0 Å². The van der Waals surface area contributed by atoms with Crippen molar-refractivity contribution in [3.8, 4) is 11.3 Å². The minimum absolute atomic E-state index is 0.0213. The first kappa shape index (κ1) is 18.4. The van der Waals surface area contributed by atoms with Gasteiger partial charge in [0.25, 0.3) is 5.91 Å². The summed E-state index contributed by atoms with van der Waals surface area (Å²) in [4.78, 5) is 35.4. The Bertz CT molecular complexity index is 1010. The average Bonchev–Trinajstić information content (AvgIpc) is 3.12. The summed E-state index contributed by atoms with van der Waals surface area (Å²) in [6, 6.07) is 15.7. The molecule has 0 fully saturated rings. The third kappa shape index (κ3) is 4.43. The van der Waals surface area contributed by atoms with Crippen LogP contribution in [-0.4, -0.2) is 17.7 Å². The topological polar surface area (TPSA) is 88.4 Å². The van der Waals surface area contributed by atoms with Crippen LogP contribution < -0.4 is 10.6 Å². The number of amides is 3. The van der Waals surface area contributed by atoms with E-state index in [-0.39, 0.29) is 11.5 Å². The molecule has 3 rings (SSSR count). The molecule has 3 amide bonds. The van der Waals surface area contributed by atoms with Crippen LogP contribution >= 0.6 is 11.6 Å². The van der Waals surface area contributed by atoms with Gasteiger partial charge < -0.3 is 9.73 Å². The van der Waals surface area contributed by atoms with Gasteiger partial charge in [-0.1, -0.05) is 23.7 Å². The fraction of sp³-hybridized carbons (Fsp3) is 0.0500. The number of anilines is 1. The first-order valence-electron chi connectivity index (χ1n) is 8.02. The van der Waals surface area contributed by atoms with Gasteiger partial charge in [-0.25, -0.2) is 4.79 Å². The van der Waals surface area contributed by atoms with Crippen molar-refractivity contribution in [1.82, 2.24) is 5.32 Å². The maximum Gasteiger partial charge on any atom is 0.326 e. The number of Topliss-reactive ketones (excluding diaryl/α,β-unsaturated/α-hetero) is 1. The van der Waals surface area contributed by atoms with E-state index in [1.54, 1.807) is 54.6 Å². The molecular weight excluding hydrogens is 368 g/mol. The summed E-state index contributed by atoms with van der Waals surface area (Å²) < 4.78 is 5.49. The first-order chi connectivity index (χ1) is 12.9. The monoisotopic (exact) mass is 382 g/mol. The van der Waals surface area contributed by atoms with Crippen molar-refractivity contribution in [3.05, 3.63) is 77.0 Å². The number of urea groups is 1. The zero-order valence-electron chi connectivity index (χ0n) is 14.3. The molecule has 0 radical (unpaired) electrons. The van der Waals surface area contributed by atoms with Crippen LogP contribution in [0.4, 0.5) is 10.5 Å². The highest BCUT2D eigenvalue weighted by Gasteiger charge is 2.16. The molecule has 0 aliphatic rings. The highest BCUT2D eigenvalue weighted by Crippen LogP contribution is 2.29. The molecule has 0 unspecified atom stereocenters. The first-order valence-corrected chi connectivity index (χ1v) is 8.40. The molecule has 3 aromatic rings. The molecule has 0 spiro atoms. The molecule has 0 saturated carbocycles. The van der Waals surface area contributed by atoms with Crippen LogP contribution in [0.25, 0.3) is 11.3 Å². The van der Waals surface area contributed by atoms with E-state index in [0.717, 1.165) is 0 Å². The molecule has 0 bridgehead atoms. The molecule has 0 aliphatic heterocycles. The van der Waals surface area contributed by atoms with E-state index in [1.165, 1.54) is 13.0 Å². The van der Waals surface area contributed by atoms with E-state index < -0.39 is 11.9 Å². The number of carbonyl (C=O) groups excluding carboxylic acids is 3. The second-order valence-electron chi connectivity index (χ2n) is 5.69. The van der Waals surface area contributed by atoms with Gasteiger partial charge in [0.05, 0.1) is 5.02 Å². The van der Waals surface area contributed by atoms with Crippen LogP contribution in [0.2, 0.25) is 5.02 Å². The van der Waals surface area contributed by atoms with Gasteiger partial charge in [-0.3, -0.25) is 14.9 Å². The Morgan fingerprint density at radius 3 is 2.30 bits per heavy atom. The smallest absolute Gasteiger partial charge is 0.326 e. The summed E-state index contributed by atoms with van der Waals surface area (Å²) >= 11 is 6.11. The number of halogens is 1. The van der Waals surface area contributed by atoms with E-state index in [1.807, 2.05) is 0 Å². The fourth-order valence-corrected chi connectivity index (χ4v) is 2.61. The lowest BCUT2D eigenvalue weighted by Gasteiger charge is -2.06. The van der Waals surface area contributed by atoms with Gasteiger partial charge in [-0.05, 0) is 55.5 Å². The number of benzene rings is 2. The van der Waals surface area contributed by atoms with Crippen LogP contribution in [0.15, 0.2) is 65.1 Å². The minimum atomic E-state index is -0.716. The van der Waals surface area contributed by atoms with Crippen molar-refractivity contribution in [3.63, 3.8) is 0 Å². The van der Waals surface area contributed by atoms with E-state index >= 15 is 0 Å². The lowest BCUT2D eigenvalue weighted by molar-refractivity contribution is 0.0939. The second-order valence-corrected chi connectivity index (χ2v) is 6.09. The Morgan fingerprint density at radius 1 is 0.926 bits per heavy atom. The van der Waals surface area contributed by atoms with Crippen LogP contribution in [0.5, 0.6) is 0 Å². The Morgan fingerprint density at radius 2 is 1.63 bits per heavy atom. The van der Waals surface area contributed by atoms with Crippen molar-refractivity contribution in [1.29, 1.82) is 0 Å². The lowest BCUT2D eigenvalue weighted by Crippen LogP contribution is -2.34. The fourth-order valence-electron chi connectivity index (χ4n) is 2.38. The SMILES string of the molecule is CC(=O)c1ccc(NC(=O)NC(=O)c2ccc(-c3ccccc3Cl)o2)cc1. The number of hydrogen-bond acceptors (Lipinski definition) is 4. The molecule has 1 aromatic heterocycles. The highest BCUT2D eigenvalue weighted by atomic mass is 35.5.